The normalized spacial score (nSPS) is 15.1. The molecule has 1 aliphatic heterocycles. The number of aromatic nitrogens is 1. The van der Waals surface area contributed by atoms with E-state index in [1.54, 1.807) is 18.2 Å². The minimum atomic E-state index is -0.359. The van der Waals surface area contributed by atoms with E-state index in [4.69, 9.17) is 11.7 Å². The van der Waals surface area contributed by atoms with Gasteiger partial charge in [-0.05, 0) is 41.6 Å². The molecule has 0 bridgehead atoms. The molecule has 29 heavy (non-hydrogen) atoms. The highest BCUT2D eigenvalue weighted by Gasteiger charge is 2.34. The molecule has 3 aromatic rings. The van der Waals surface area contributed by atoms with Gasteiger partial charge in [-0.1, -0.05) is 36.3 Å². The Labute approximate surface area is 172 Å². The maximum Gasteiger partial charge on any atom is 0.294 e. The first-order chi connectivity index (χ1) is 14.1. The quantitative estimate of drug-likeness (QED) is 0.488. The van der Waals surface area contributed by atoms with Crippen molar-refractivity contribution in [3.8, 4) is 18.4 Å². The highest BCUT2D eigenvalue weighted by molar-refractivity contribution is 8.18. The van der Waals surface area contributed by atoms with Gasteiger partial charge >= 0.3 is 0 Å². The molecular formula is C23H15N3O2S. The van der Waals surface area contributed by atoms with Crippen LogP contribution in [0.2, 0.25) is 0 Å². The van der Waals surface area contributed by atoms with Gasteiger partial charge in [-0.3, -0.25) is 14.5 Å². The molecule has 1 saturated heterocycles. The van der Waals surface area contributed by atoms with E-state index < -0.39 is 0 Å². The molecule has 5 nitrogen and oxygen atoms in total. The third-order valence-electron chi connectivity index (χ3n) is 4.66. The highest BCUT2D eigenvalue weighted by atomic mass is 32.2. The predicted octanol–water partition coefficient (Wildman–Crippen LogP) is 4.23. The zero-order chi connectivity index (χ0) is 20.4. The number of terminal acetylenes is 1. The van der Waals surface area contributed by atoms with E-state index in [0.29, 0.717) is 17.0 Å². The number of amides is 2. The Hall–Kier alpha value is -3.74. The summed E-state index contributed by atoms with van der Waals surface area (Å²) in [6.45, 7) is 0.598. The molecule has 0 N–H and O–H groups in total. The second-order valence-electron chi connectivity index (χ2n) is 6.51. The van der Waals surface area contributed by atoms with Gasteiger partial charge in [0.25, 0.3) is 11.1 Å². The number of hydrogen-bond acceptors (Lipinski definition) is 4. The first-order valence-corrected chi connectivity index (χ1v) is 9.68. The third-order valence-corrected chi connectivity index (χ3v) is 5.57. The Morgan fingerprint density at radius 3 is 2.59 bits per heavy atom. The molecule has 6 heteroatoms. The Morgan fingerprint density at radius 2 is 1.86 bits per heavy atom. The van der Waals surface area contributed by atoms with Crippen LogP contribution in [0.1, 0.15) is 16.7 Å². The van der Waals surface area contributed by atoms with Crippen molar-refractivity contribution < 1.29 is 9.59 Å². The van der Waals surface area contributed by atoms with Gasteiger partial charge < -0.3 is 4.57 Å². The van der Waals surface area contributed by atoms with Crippen LogP contribution in [0.4, 0.5) is 4.79 Å². The van der Waals surface area contributed by atoms with Gasteiger partial charge in [0.1, 0.15) is 0 Å². The molecule has 1 aromatic heterocycles. The van der Waals surface area contributed by atoms with E-state index in [-0.39, 0.29) is 17.7 Å². The van der Waals surface area contributed by atoms with Crippen molar-refractivity contribution in [2.75, 3.05) is 6.54 Å². The fraction of sp³-hybridized carbons (Fsp3) is 0.0870. The number of benzene rings is 2. The van der Waals surface area contributed by atoms with Gasteiger partial charge in [-0.2, -0.15) is 5.26 Å². The summed E-state index contributed by atoms with van der Waals surface area (Å²) in [5.74, 6) is 1.98. The second kappa shape index (κ2) is 7.71. The summed E-state index contributed by atoms with van der Waals surface area (Å²) >= 11 is 0.906. The van der Waals surface area contributed by atoms with Crippen molar-refractivity contribution in [3.05, 3.63) is 76.3 Å². The monoisotopic (exact) mass is 397 g/mol. The molecule has 140 valence electrons. The van der Waals surface area contributed by atoms with Crippen LogP contribution in [0.5, 0.6) is 0 Å². The molecule has 2 amide bonds. The second-order valence-corrected chi connectivity index (χ2v) is 7.50. The summed E-state index contributed by atoms with van der Waals surface area (Å²) in [6.07, 6.45) is 8.97. The number of para-hydroxylation sites is 1. The summed E-state index contributed by atoms with van der Waals surface area (Å²) in [6, 6.07) is 17.5. The van der Waals surface area contributed by atoms with E-state index in [9.17, 15) is 9.59 Å². The number of thioether (sulfide) groups is 1. The van der Waals surface area contributed by atoms with Crippen LogP contribution >= 0.6 is 11.8 Å². The van der Waals surface area contributed by atoms with Crippen LogP contribution < -0.4 is 0 Å². The summed E-state index contributed by atoms with van der Waals surface area (Å²) in [7, 11) is 0. The molecule has 0 saturated carbocycles. The fourth-order valence-corrected chi connectivity index (χ4v) is 4.10. The van der Waals surface area contributed by atoms with Gasteiger partial charge in [0.2, 0.25) is 0 Å². The van der Waals surface area contributed by atoms with Gasteiger partial charge in [0.05, 0.1) is 23.1 Å². The van der Waals surface area contributed by atoms with E-state index in [2.05, 4.69) is 16.6 Å². The lowest BCUT2D eigenvalue weighted by atomic mass is 10.1. The van der Waals surface area contributed by atoms with Crippen LogP contribution in [0.3, 0.4) is 0 Å². The smallest absolute Gasteiger partial charge is 0.294 e. The van der Waals surface area contributed by atoms with E-state index in [1.807, 2.05) is 42.6 Å². The maximum atomic E-state index is 12.5. The lowest BCUT2D eigenvalue weighted by Gasteiger charge is -2.06. The van der Waals surface area contributed by atoms with Crippen LogP contribution in [-0.2, 0) is 11.3 Å². The molecule has 1 aliphatic rings. The molecule has 0 aliphatic carbocycles. The fourth-order valence-electron chi connectivity index (χ4n) is 3.27. The SMILES string of the molecule is C#CCN1C(=O)S/C(=C\c2cn(Cc3ccc(C#N)cc3)c3ccccc23)C1=O. The van der Waals surface area contributed by atoms with Gasteiger partial charge in [-0.25, -0.2) is 0 Å². The molecular weight excluding hydrogens is 382 g/mol. The molecule has 4 rings (SSSR count). The van der Waals surface area contributed by atoms with Crippen LogP contribution in [0, 0.1) is 23.7 Å². The first kappa shape index (κ1) is 18.6. The summed E-state index contributed by atoms with van der Waals surface area (Å²) in [5.41, 5.74) is 3.56. The number of nitrogens with zero attached hydrogens (tertiary/aromatic N) is 3. The minimum Gasteiger partial charge on any atom is -0.342 e. The molecule has 1 fully saturated rings. The molecule has 0 spiro atoms. The third kappa shape index (κ3) is 3.54. The van der Waals surface area contributed by atoms with Crippen molar-refractivity contribution >= 4 is 39.9 Å². The average Bonchev–Trinajstić information content (AvgIpc) is 3.21. The average molecular weight is 397 g/mol. The first-order valence-electron chi connectivity index (χ1n) is 8.86. The Balaban J connectivity index is 1.71. The van der Waals surface area contributed by atoms with Gasteiger partial charge in [0.15, 0.2) is 0 Å². The Kier molecular flexibility index (Phi) is 4.95. The topological polar surface area (TPSA) is 66.1 Å². The van der Waals surface area contributed by atoms with Crippen molar-refractivity contribution in [1.29, 1.82) is 5.26 Å². The maximum absolute atomic E-state index is 12.5. The summed E-state index contributed by atoms with van der Waals surface area (Å²) in [4.78, 5) is 26.0. The molecule has 2 heterocycles. The zero-order valence-corrected chi connectivity index (χ0v) is 16.1. The van der Waals surface area contributed by atoms with Crippen LogP contribution in [0.15, 0.2) is 59.6 Å². The number of nitriles is 1. The number of hydrogen-bond donors (Lipinski definition) is 0. The predicted molar refractivity (Wildman–Crippen MR) is 114 cm³/mol. The number of imide groups is 1. The van der Waals surface area contributed by atoms with E-state index in [1.165, 1.54) is 0 Å². The van der Waals surface area contributed by atoms with Crippen molar-refractivity contribution in [1.82, 2.24) is 9.47 Å². The molecule has 0 radical (unpaired) electrons. The molecule has 2 aromatic carbocycles. The van der Waals surface area contributed by atoms with Crippen LogP contribution in [-0.4, -0.2) is 27.2 Å². The lowest BCUT2D eigenvalue weighted by Crippen LogP contribution is -2.28. The number of rotatable bonds is 4. The number of fused-ring (bicyclic) bond motifs is 1. The Morgan fingerprint density at radius 1 is 1.10 bits per heavy atom. The molecule has 0 atom stereocenters. The van der Waals surface area contributed by atoms with Crippen LogP contribution in [0.25, 0.3) is 17.0 Å². The van der Waals surface area contributed by atoms with Gasteiger partial charge in [0, 0.05) is 29.2 Å². The summed E-state index contributed by atoms with van der Waals surface area (Å²) in [5, 5.41) is 9.61. The van der Waals surface area contributed by atoms with E-state index in [0.717, 1.165) is 38.7 Å². The molecule has 0 unspecified atom stereocenters. The Bertz CT molecular complexity index is 1240. The minimum absolute atomic E-state index is 0.0253. The lowest BCUT2D eigenvalue weighted by molar-refractivity contribution is -0.122. The number of carbonyl (C=O) groups excluding carboxylic acids is 2. The number of carbonyl (C=O) groups is 2. The largest absolute Gasteiger partial charge is 0.342 e. The van der Waals surface area contributed by atoms with Crippen molar-refractivity contribution in [3.63, 3.8) is 0 Å². The van der Waals surface area contributed by atoms with Gasteiger partial charge in [-0.15, -0.1) is 6.42 Å². The van der Waals surface area contributed by atoms with Crippen molar-refractivity contribution in [2.45, 2.75) is 6.54 Å². The zero-order valence-electron chi connectivity index (χ0n) is 15.3. The standard InChI is InChI=1S/C23H15N3O2S/c1-2-11-26-22(27)21(29-23(26)28)12-18-15-25(20-6-4-3-5-19(18)20)14-17-9-7-16(13-24)8-10-17/h1,3-10,12,15H,11,14H2/b21-12-. The van der Waals surface area contributed by atoms with Crippen molar-refractivity contribution in [2.24, 2.45) is 0 Å². The summed E-state index contributed by atoms with van der Waals surface area (Å²) < 4.78 is 2.09. The van der Waals surface area contributed by atoms with E-state index >= 15 is 0 Å². The highest BCUT2D eigenvalue weighted by Crippen LogP contribution is 2.34.